The maximum absolute atomic E-state index is 13.2. The third kappa shape index (κ3) is 5.52. The van der Waals surface area contributed by atoms with Crippen LogP contribution in [0.25, 0.3) is 0 Å². The molecule has 0 saturated heterocycles. The maximum atomic E-state index is 13.2. The lowest BCUT2D eigenvalue weighted by molar-refractivity contribution is -0.138. The van der Waals surface area contributed by atoms with E-state index in [1.807, 2.05) is 0 Å². The minimum atomic E-state index is -4.45. The summed E-state index contributed by atoms with van der Waals surface area (Å²) in [5.41, 5.74) is -0.177. The number of amides is 2. The van der Waals surface area contributed by atoms with E-state index in [1.165, 1.54) is 12.1 Å². The zero-order valence-corrected chi connectivity index (χ0v) is 16.8. The Morgan fingerprint density at radius 1 is 0.933 bits per heavy atom. The van der Waals surface area contributed by atoms with E-state index in [0.29, 0.717) is 17.8 Å². The van der Waals surface area contributed by atoms with Crippen molar-refractivity contribution < 1.29 is 27.5 Å². The van der Waals surface area contributed by atoms with Crippen LogP contribution in [0.15, 0.2) is 48.5 Å². The molecule has 0 heterocycles. The highest BCUT2D eigenvalue weighted by Crippen LogP contribution is 2.51. The minimum absolute atomic E-state index is 0.155. The first kappa shape index (κ1) is 21.7. The Balaban J connectivity index is 1.59. The predicted molar refractivity (Wildman–Crippen MR) is 107 cm³/mol. The van der Waals surface area contributed by atoms with Crippen molar-refractivity contribution in [2.24, 2.45) is 5.92 Å². The summed E-state index contributed by atoms with van der Waals surface area (Å²) in [5.74, 6) is -1.28. The number of carbonyl (C=O) groups is 2. The van der Waals surface area contributed by atoms with Gasteiger partial charge in [-0.25, -0.2) is 4.79 Å². The van der Waals surface area contributed by atoms with Crippen LogP contribution in [-0.2, 0) is 15.7 Å². The standard InChI is InChI=1S/C22H23F3N2O3/c1-21(2,3)30-20(29)27-14-10-8-13(9-11-14)26-19(28)17-12-16(17)15-6-4-5-7-18(15)22(23,24)25/h4-11,16-17H,12H2,1-3H3,(H,26,28)(H,27,29). The number of alkyl halides is 3. The maximum Gasteiger partial charge on any atom is 0.416 e. The van der Waals surface area contributed by atoms with E-state index in [0.717, 1.165) is 6.07 Å². The second kappa shape index (κ2) is 8.01. The van der Waals surface area contributed by atoms with Crippen molar-refractivity contribution in [1.29, 1.82) is 0 Å². The molecule has 2 unspecified atom stereocenters. The van der Waals surface area contributed by atoms with Crippen LogP contribution in [0.5, 0.6) is 0 Å². The van der Waals surface area contributed by atoms with Crippen molar-refractivity contribution in [3.63, 3.8) is 0 Å². The van der Waals surface area contributed by atoms with Crippen molar-refractivity contribution >= 4 is 23.4 Å². The number of rotatable bonds is 4. The molecule has 2 aromatic rings. The highest BCUT2D eigenvalue weighted by Gasteiger charge is 2.47. The summed E-state index contributed by atoms with van der Waals surface area (Å²) >= 11 is 0. The van der Waals surface area contributed by atoms with Gasteiger partial charge >= 0.3 is 12.3 Å². The molecule has 2 amide bonds. The number of anilines is 2. The van der Waals surface area contributed by atoms with E-state index in [4.69, 9.17) is 4.74 Å². The molecular weight excluding hydrogens is 397 g/mol. The Hall–Kier alpha value is -3.03. The van der Waals surface area contributed by atoms with Gasteiger partial charge in [0.2, 0.25) is 5.91 Å². The van der Waals surface area contributed by atoms with Gasteiger partial charge in [-0.15, -0.1) is 0 Å². The van der Waals surface area contributed by atoms with Crippen molar-refractivity contribution in [1.82, 2.24) is 0 Å². The lowest BCUT2D eigenvalue weighted by Crippen LogP contribution is -2.27. The number of hydrogen-bond acceptors (Lipinski definition) is 3. The molecule has 0 spiro atoms. The molecule has 2 aromatic carbocycles. The summed E-state index contributed by atoms with van der Waals surface area (Å²) in [4.78, 5) is 24.2. The van der Waals surface area contributed by atoms with Gasteiger partial charge in [0, 0.05) is 17.3 Å². The number of carbonyl (C=O) groups excluding carboxylic acids is 2. The highest BCUT2D eigenvalue weighted by atomic mass is 19.4. The van der Waals surface area contributed by atoms with Crippen LogP contribution in [0.2, 0.25) is 0 Å². The molecular formula is C22H23F3N2O3. The number of halogens is 3. The molecule has 0 bridgehead atoms. The molecule has 0 radical (unpaired) electrons. The normalized spacial score (nSPS) is 18.5. The highest BCUT2D eigenvalue weighted by molar-refractivity contribution is 5.95. The van der Waals surface area contributed by atoms with Crippen molar-refractivity contribution in [3.05, 3.63) is 59.7 Å². The smallest absolute Gasteiger partial charge is 0.416 e. The van der Waals surface area contributed by atoms with Gasteiger partial charge in [-0.3, -0.25) is 10.1 Å². The zero-order valence-electron chi connectivity index (χ0n) is 16.8. The molecule has 1 aliphatic carbocycles. The van der Waals surface area contributed by atoms with E-state index < -0.39 is 35.3 Å². The van der Waals surface area contributed by atoms with Gasteiger partial charge in [-0.1, -0.05) is 18.2 Å². The van der Waals surface area contributed by atoms with Gasteiger partial charge < -0.3 is 10.1 Å². The molecule has 0 aliphatic heterocycles. The molecule has 1 saturated carbocycles. The first-order valence-corrected chi connectivity index (χ1v) is 9.51. The Labute approximate surface area is 172 Å². The van der Waals surface area contributed by atoms with Gasteiger partial charge in [0.15, 0.2) is 0 Å². The summed E-state index contributed by atoms with van der Waals surface area (Å²) < 4.78 is 44.7. The second-order valence-electron chi connectivity index (χ2n) is 8.23. The lowest BCUT2D eigenvalue weighted by atomic mass is 10.0. The summed E-state index contributed by atoms with van der Waals surface area (Å²) in [7, 11) is 0. The minimum Gasteiger partial charge on any atom is -0.444 e. The van der Waals surface area contributed by atoms with Crippen molar-refractivity contribution in [2.75, 3.05) is 10.6 Å². The second-order valence-corrected chi connectivity index (χ2v) is 8.23. The monoisotopic (exact) mass is 420 g/mol. The molecule has 1 aliphatic rings. The number of nitrogens with one attached hydrogen (secondary N) is 2. The first-order valence-electron chi connectivity index (χ1n) is 9.51. The lowest BCUT2D eigenvalue weighted by Gasteiger charge is -2.19. The number of ether oxygens (including phenoxy) is 1. The third-order valence-electron chi connectivity index (χ3n) is 4.59. The average molecular weight is 420 g/mol. The molecule has 5 nitrogen and oxygen atoms in total. The van der Waals surface area contributed by atoms with E-state index in [2.05, 4.69) is 10.6 Å². The summed E-state index contributed by atoms with van der Waals surface area (Å²) in [6, 6.07) is 11.8. The van der Waals surface area contributed by atoms with Crippen LogP contribution in [0.1, 0.15) is 44.2 Å². The molecule has 1 fully saturated rings. The van der Waals surface area contributed by atoms with Crippen LogP contribution in [0.4, 0.5) is 29.3 Å². The van der Waals surface area contributed by atoms with E-state index in [9.17, 15) is 22.8 Å². The Morgan fingerprint density at radius 3 is 2.07 bits per heavy atom. The Kier molecular flexibility index (Phi) is 5.78. The van der Waals surface area contributed by atoms with Crippen LogP contribution in [-0.4, -0.2) is 17.6 Å². The molecule has 0 aromatic heterocycles. The van der Waals surface area contributed by atoms with Gasteiger partial charge in [0.05, 0.1) is 5.56 Å². The number of hydrogen-bond donors (Lipinski definition) is 2. The third-order valence-corrected chi connectivity index (χ3v) is 4.59. The fraction of sp³-hybridized carbons (Fsp3) is 0.364. The van der Waals surface area contributed by atoms with Gasteiger partial charge in [0.25, 0.3) is 0 Å². The molecule has 30 heavy (non-hydrogen) atoms. The quantitative estimate of drug-likeness (QED) is 0.657. The van der Waals surface area contributed by atoms with Gasteiger partial charge in [-0.2, -0.15) is 13.2 Å². The fourth-order valence-corrected chi connectivity index (χ4v) is 3.20. The Morgan fingerprint density at radius 2 is 1.50 bits per heavy atom. The first-order chi connectivity index (χ1) is 13.9. The topological polar surface area (TPSA) is 67.4 Å². The molecule has 2 atom stereocenters. The predicted octanol–water partition coefficient (Wildman–Crippen LogP) is 5.79. The molecule has 8 heteroatoms. The zero-order chi connectivity index (χ0) is 22.1. The van der Waals surface area contributed by atoms with Crippen molar-refractivity contribution in [2.45, 2.75) is 44.9 Å². The van der Waals surface area contributed by atoms with E-state index in [1.54, 1.807) is 51.1 Å². The number of benzene rings is 2. The van der Waals surface area contributed by atoms with Crippen LogP contribution in [0, 0.1) is 5.92 Å². The SMILES string of the molecule is CC(C)(C)OC(=O)Nc1ccc(NC(=O)C2CC2c2ccccc2C(F)(F)F)cc1. The van der Waals surface area contributed by atoms with Crippen LogP contribution < -0.4 is 10.6 Å². The summed E-state index contributed by atoms with van der Waals surface area (Å²) in [6.07, 6.45) is -4.67. The summed E-state index contributed by atoms with van der Waals surface area (Å²) in [6.45, 7) is 5.26. The largest absolute Gasteiger partial charge is 0.444 e. The van der Waals surface area contributed by atoms with Gasteiger partial charge in [-0.05, 0) is 69.0 Å². The van der Waals surface area contributed by atoms with Crippen LogP contribution in [0.3, 0.4) is 0 Å². The van der Waals surface area contributed by atoms with Crippen molar-refractivity contribution in [3.8, 4) is 0 Å². The van der Waals surface area contributed by atoms with Crippen LogP contribution >= 0.6 is 0 Å². The summed E-state index contributed by atoms with van der Waals surface area (Å²) in [5, 5.41) is 5.30. The average Bonchev–Trinajstić information content (AvgIpc) is 3.42. The van der Waals surface area contributed by atoms with E-state index in [-0.39, 0.29) is 11.5 Å². The van der Waals surface area contributed by atoms with Gasteiger partial charge in [0.1, 0.15) is 5.60 Å². The fourth-order valence-electron chi connectivity index (χ4n) is 3.20. The molecule has 3 rings (SSSR count). The molecule has 2 N–H and O–H groups in total. The molecule has 160 valence electrons. The van der Waals surface area contributed by atoms with E-state index >= 15 is 0 Å². The Bertz CT molecular complexity index is 934.